The molecule has 7 heteroatoms. The van der Waals surface area contributed by atoms with Gasteiger partial charge in [-0.15, -0.1) is 0 Å². The number of aromatic amines is 1. The van der Waals surface area contributed by atoms with E-state index in [1.807, 2.05) is 55.5 Å². The lowest BCUT2D eigenvalue weighted by Gasteiger charge is -2.30. The van der Waals surface area contributed by atoms with Crippen molar-refractivity contribution < 1.29 is 14.3 Å². The number of aromatic nitrogens is 2. The molecule has 0 aliphatic carbocycles. The smallest absolute Gasteiger partial charge is 0.311 e. The molecule has 1 aliphatic rings. The highest BCUT2D eigenvalue weighted by molar-refractivity contribution is 5.91. The number of hydrogen-bond acceptors (Lipinski definition) is 5. The van der Waals surface area contributed by atoms with Gasteiger partial charge in [0, 0.05) is 43.1 Å². The van der Waals surface area contributed by atoms with Crippen LogP contribution in [-0.4, -0.2) is 39.3 Å². The molecule has 2 N–H and O–H groups in total. The lowest BCUT2D eigenvalue weighted by Crippen LogP contribution is -2.30. The molecule has 1 unspecified atom stereocenters. The van der Waals surface area contributed by atoms with E-state index in [1.165, 1.54) is 11.1 Å². The minimum absolute atomic E-state index is 0.0139. The fourth-order valence-corrected chi connectivity index (χ4v) is 4.91. The first kappa shape index (κ1) is 30.6. The van der Waals surface area contributed by atoms with Gasteiger partial charge >= 0.3 is 5.97 Å². The van der Waals surface area contributed by atoms with Gasteiger partial charge in [-0.2, -0.15) is 0 Å². The van der Waals surface area contributed by atoms with Crippen LogP contribution in [0.1, 0.15) is 69.9 Å². The maximum atomic E-state index is 12.4. The first-order chi connectivity index (χ1) is 20.4. The van der Waals surface area contributed by atoms with Crippen LogP contribution in [-0.2, 0) is 16.0 Å². The molecule has 42 heavy (non-hydrogen) atoms. The number of hydrogen-bond donors (Lipinski definition) is 2. The topological polar surface area (TPSA) is 87.3 Å². The molecule has 2 aromatic heterocycles. The van der Waals surface area contributed by atoms with Crippen molar-refractivity contribution in [2.75, 3.05) is 11.9 Å². The van der Waals surface area contributed by atoms with Crippen molar-refractivity contribution in [3.63, 3.8) is 0 Å². The lowest BCUT2D eigenvalue weighted by atomic mass is 9.94. The van der Waals surface area contributed by atoms with Gasteiger partial charge in [0.25, 0.3) is 0 Å². The van der Waals surface area contributed by atoms with Crippen LogP contribution < -0.4 is 10.1 Å². The van der Waals surface area contributed by atoms with Crippen molar-refractivity contribution in [3.8, 4) is 5.75 Å². The summed E-state index contributed by atoms with van der Waals surface area (Å²) in [7, 11) is 0. The highest BCUT2D eigenvalue weighted by Gasteiger charge is 2.20. The Hall–Kier alpha value is -4.39. The second kappa shape index (κ2) is 15.6. The minimum atomic E-state index is -0.163. The van der Waals surface area contributed by atoms with Gasteiger partial charge in [-0.3, -0.25) is 9.59 Å². The van der Waals surface area contributed by atoms with E-state index in [9.17, 15) is 9.59 Å². The predicted octanol–water partition coefficient (Wildman–Crippen LogP) is 7.63. The molecule has 7 nitrogen and oxygen atoms in total. The highest BCUT2D eigenvalue weighted by Crippen LogP contribution is 2.31. The van der Waals surface area contributed by atoms with Crippen molar-refractivity contribution in [2.24, 2.45) is 0 Å². The molecule has 0 saturated carbocycles. The highest BCUT2D eigenvalue weighted by atomic mass is 16.5. The van der Waals surface area contributed by atoms with E-state index >= 15 is 0 Å². The number of fused-ring (bicyclic) bond motifs is 1. The van der Waals surface area contributed by atoms with Crippen molar-refractivity contribution in [1.82, 2.24) is 14.9 Å². The number of nitrogens with zero attached hydrogens (tertiary/aromatic N) is 2. The summed E-state index contributed by atoms with van der Waals surface area (Å²) in [5.41, 5.74) is 4.42. The van der Waals surface area contributed by atoms with Crippen LogP contribution >= 0.6 is 0 Å². The van der Waals surface area contributed by atoms with Crippen LogP contribution in [0.5, 0.6) is 5.75 Å². The largest absolute Gasteiger partial charge is 0.427 e. The third-order valence-corrected chi connectivity index (χ3v) is 7.23. The van der Waals surface area contributed by atoms with Crippen molar-refractivity contribution >= 4 is 28.7 Å². The Bertz CT molecular complexity index is 1450. The number of anilines is 1. The van der Waals surface area contributed by atoms with Gasteiger partial charge in [-0.05, 0) is 75.6 Å². The standard InChI is InChI=1S/C25H30N4O.C10H12O2/c1-18(2)29-15-13-20(14-16-29)21-17-26-22-11-12-23(28-25(21)22)27-24(30)10-6-9-19-7-4-3-5-8-19;1-2-6-10(11)12-9-7-4-3-5-8-9/h3-5,7-8,11-13,15,17-18,20,26H,6,9-10,14,16H2,1-2H3,(H,27,28,30);3-5,7-8H,2,6H2,1H3. The van der Waals surface area contributed by atoms with Gasteiger partial charge in [0.15, 0.2) is 0 Å². The number of aryl methyl sites for hydroxylation is 1. The summed E-state index contributed by atoms with van der Waals surface area (Å²) in [6, 6.07) is 23.8. The molecule has 4 aromatic rings. The quantitative estimate of drug-likeness (QED) is 0.152. The van der Waals surface area contributed by atoms with Crippen LogP contribution in [0.3, 0.4) is 0 Å². The average Bonchev–Trinajstić information content (AvgIpc) is 3.42. The molecule has 0 bridgehead atoms. The Labute approximate surface area is 249 Å². The third kappa shape index (κ3) is 9.06. The van der Waals surface area contributed by atoms with Gasteiger partial charge in [0.05, 0.1) is 11.0 Å². The lowest BCUT2D eigenvalue weighted by molar-refractivity contribution is -0.134. The van der Waals surface area contributed by atoms with Crippen LogP contribution in [0.4, 0.5) is 5.82 Å². The SMILES string of the molecule is CC(C)N1C=CC(c2c[nH]c3ccc(NC(=O)CCCc4ccccc4)nc23)CC1.CCCC(=O)Oc1ccccc1. The Morgan fingerprint density at radius 2 is 1.76 bits per heavy atom. The number of benzene rings is 2. The fourth-order valence-electron chi connectivity index (χ4n) is 4.91. The van der Waals surface area contributed by atoms with E-state index in [0.29, 0.717) is 36.4 Å². The summed E-state index contributed by atoms with van der Waals surface area (Å²) in [6.45, 7) is 7.43. The number of amides is 1. The van der Waals surface area contributed by atoms with E-state index in [1.54, 1.807) is 12.1 Å². The number of rotatable bonds is 10. The molecule has 0 radical (unpaired) electrons. The Kier molecular flexibility index (Phi) is 11.3. The van der Waals surface area contributed by atoms with Gasteiger partial charge < -0.3 is 19.9 Å². The number of allylic oxidation sites excluding steroid dienone is 1. The summed E-state index contributed by atoms with van der Waals surface area (Å²) in [5, 5.41) is 2.97. The third-order valence-electron chi connectivity index (χ3n) is 7.23. The molecule has 3 heterocycles. The number of esters is 1. The number of carbonyl (C=O) groups is 2. The molecule has 2 aromatic carbocycles. The van der Waals surface area contributed by atoms with Crippen molar-refractivity contribution in [2.45, 2.75) is 71.3 Å². The number of para-hydroxylation sites is 1. The van der Waals surface area contributed by atoms with E-state index in [0.717, 1.165) is 43.3 Å². The Morgan fingerprint density at radius 1 is 1.02 bits per heavy atom. The summed E-state index contributed by atoms with van der Waals surface area (Å²) >= 11 is 0. The zero-order valence-corrected chi connectivity index (χ0v) is 24.9. The first-order valence-corrected chi connectivity index (χ1v) is 14.9. The molecule has 5 rings (SSSR count). The molecule has 0 saturated heterocycles. The van der Waals surface area contributed by atoms with Gasteiger partial charge in [-0.25, -0.2) is 4.98 Å². The molecule has 1 amide bonds. The molecular formula is C35H42N4O3. The van der Waals surface area contributed by atoms with Crippen LogP contribution in [0.2, 0.25) is 0 Å². The maximum Gasteiger partial charge on any atom is 0.311 e. The molecule has 0 fully saturated rings. The van der Waals surface area contributed by atoms with E-state index in [-0.39, 0.29) is 11.9 Å². The number of carbonyl (C=O) groups excluding carboxylic acids is 2. The fraction of sp³-hybridized carbons (Fsp3) is 0.343. The number of H-pyrrole nitrogens is 1. The number of ether oxygens (including phenoxy) is 1. The summed E-state index contributed by atoms with van der Waals surface area (Å²) in [5.74, 6) is 1.44. The number of pyridine rings is 1. The van der Waals surface area contributed by atoms with Crippen LogP contribution in [0.15, 0.2) is 91.3 Å². The minimum Gasteiger partial charge on any atom is -0.427 e. The predicted molar refractivity (Wildman–Crippen MR) is 169 cm³/mol. The Morgan fingerprint density at radius 3 is 2.43 bits per heavy atom. The Balaban J connectivity index is 0.000000283. The summed E-state index contributed by atoms with van der Waals surface area (Å²) < 4.78 is 5.02. The van der Waals surface area contributed by atoms with Crippen LogP contribution in [0, 0.1) is 0 Å². The molecule has 1 atom stereocenters. The molecule has 220 valence electrons. The van der Waals surface area contributed by atoms with E-state index in [2.05, 4.69) is 59.7 Å². The molecular weight excluding hydrogens is 524 g/mol. The molecule has 0 spiro atoms. The van der Waals surface area contributed by atoms with E-state index in [4.69, 9.17) is 9.72 Å². The monoisotopic (exact) mass is 566 g/mol. The first-order valence-electron chi connectivity index (χ1n) is 14.9. The van der Waals surface area contributed by atoms with Gasteiger partial charge in [-0.1, -0.05) is 61.5 Å². The normalized spacial score (nSPS) is 14.4. The summed E-state index contributed by atoms with van der Waals surface area (Å²) in [6.07, 6.45) is 11.1. The van der Waals surface area contributed by atoms with Gasteiger partial charge in [0.2, 0.25) is 5.91 Å². The average molecular weight is 567 g/mol. The van der Waals surface area contributed by atoms with Crippen molar-refractivity contribution in [3.05, 3.63) is 102 Å². The number of nitrogens with one attached hydrogen (secondary N) is 2. The zero-order chi connectivity index (χ0) is 29.7. The van der Waals surface area contributed by atoms with Crippen LogP contribution in [0.25, 0.3) is 11.0 Å². The molecule has 1 aliphatic heterocycles. The second-order valence-electron chi connectivity index (χ2n) is 10.8. The van der Waals surface area contributed by atoms with E-state index < -0.39 is 0 Å². The maximum absolute atomic E-state index is 12.4. The zero-order valence-electron chi connectivity index (χ0n) is 24.9. The van der Waals surface area contributed by atoms with Crippen molar-refractivity contribution in [1.29, 1.82) is 0 Å². The van der Waals surface area contributed by atoms with Gasteiger partial charge in [0.1, 0.15) is 11.6 Å². The summed E-state index contributed by atoms with van der Waals surface area (Å²) in [4.78, 5) is 33.8. The second-order valence-corrected chi connectivity index (χ2v) is 10.8.